The SMILES string of the molecule is CCOc1ccc(-n2ncc(C(=O)N3CCN(Cc4csc(-c5ccccc5)n4)CC3)c2C)nn1. The minimum Gasteiger partial charge on any atom is -0.477 e. The Hall–Kier alpha value is -3.63. The third-order valence-electron chi connectivity index (χ3n) is 5.99. The fraction of sp³-hybridized carbons (Fsp3) is 0.320. The van der Waals surface area contributed by atoms with Gasteiger partial charge in [-0.05, 0) is 19.9 Å². The molecular formula is C25H27N7O2S. The molecule has 35 heavy (non-hydrogen) atoms. The van der Waals surface area contributed by atoms with Crippen LogP contribution in [0.5, 0.6) is 5.88 Å². The van der Waals surface area contributed by atoms with Crippen LogP contribution in [0.3, 0.4) is 0 Å². The molecule has 0 bridgehead atoms. The molecule has 1 saturated heterocycles. The van der Waals surface area contributed by atoms with Crippen molar-refractivity contribution in [1.29, 1.82) is 0 Å². The molecule has 3 aromatic heterocycles. The van der Waals surface area contributed by atoms with Crippen molar-refractivity contribution in [1.82, 2.24) is 34.8 Å². The van der Waals surface area contributed by atoms with E-state index < -0.39 is 0 Å². The predicted molar refractivity (Wildman–Crippen MR) is 134 cm³/mol. The highest BCUT2D eigenvalue weighted by Gasteiger charge is 2.26. The molecule has 180 valence electrons. The van der Waals surface area contributed by atoms with E-state index in [0.717, 1.165) is 41.6 Å². The number of aromatic nitrogens is 5. The molecule has 10 heteroatoms. The molecule has 0 spiro atoms. The zero-order valence-electron chi connectivity index (χ0n) is 19.8. The van der Waals surface area contributed by atoms with E-state index in [1.165, 1.54) is 0 Å². The largest absolute Gasteiger partial charge is 0.477 e. The number of ether oxygens (including phenoxy) is 1. The second-order valence-corrected chi connectivity index (χ2v) is 9.15. The molecule has 1 fully saturated rings. The molecule has 1 aliphatic heterocycles. The van der Waals surface area contributed by atoms with Gasteiger partial charge in [-0.15, -0.1) is 21.5 Å². The van der Waals surface area contributed by atoms with Gasteiger partial charge in [0.1, 0.15) is 5.01 Å². The zero-order valence-corrected chi connectivity index (χ0v) is 20.6. The molecule has 0 N–H and O–H groups in total. The van der Waals surface area contributed by atoms with Crippen molar-refractivity contribution in [3.05, 3.63) is 71.0 Å². The molecule has 1 aliphatic rings. The van der Waals surface area contributed by atoms with Crippen LogP contribution in [0.4, 0.5) is 0 Å². The van der Waals surface area contributed by atoms with Gasteiger partial charge in [0.2, 0.25) is 5.88 Å². The molecule has 0 unspecified atom stereocenters. The number of piperazine rings is 1. The van der Waals surface area contributed by atoms with E-state index in [-0.39, 0.29) is 5.91 Å². The van der Waals surface area contributed by atoms with Gasteiger partial charge in [0.15, 0.2) is 5.82 Å². The summed E-state index contributed by atoms with van der Waals surface area (Å²) >= 11 is 1.67. The van der Waals surface area contributed by atoms with Crippen molar-refractivity contribution >= 4 is 17.2 Å². The highest BCUT2D eigenvalue weighted by molar-refractivity contribution is 7.13. The standard InChI is InChI=1S/C25H27N7O2S/c1-3-34-23-10-9-22(28-29-23)32-18(2)21(15-26-32)25(33)31-13-11-30(12-14-31)16-20-17-35-24(27-20)19-7-5-4-6-8-19/h4-10,15,17H,3,11-14,16H2,1-2H3. The number of hydrogen-bond donors (Lipinski definition) is 0. The minimum absolute atomic E-state index is 0.00711. The summed E-state index contributed by atoms with van der Waals surface area (Å²) in [5.74, 6) is 1.00. The quantitative estimate of drug-likeness (QED) is 0.393. The Morgan fingerprint density at radius 3 is 2.57 bits per heavy atom. The topological polar surface area (TPSA) is 89.3 Å². The molecule has 0 atom stereocenters. The van der Waals surface area contributed by atoms with Crippen LogP contribution in [0, 0.1) is 6.92 Å². The lowest BCUT2D eigenvalue weighted by Crippen LogP contribution is -2.48. The van der Waals surface area contributed by atoms with Gasteiger partial charge in [0.25, 0.3) is 5.91 Å². The van der Waals surface area contributed by atoms with Gasteiger partial charge >= 0.3 is 0 Å². The highest BCUT2D eigenvalue weighted by atomic mass is 32.1. The maximum Gasteiger partial charge on any atom is 0.257 e. The minimum atomic E-state index is -0.00711. The summed E-state index contributed by atoms with van der Waals surface area (Å²) < 4.78 is 6.98. The molecule has 0 radical (unpaired) electrons. The number of carbonyl (C=O) groups excluding carboxylic acids is 1. The van der Waals surface area contributed by atoms with Crippen molar-refractivity contribution < 1.29 is 9.53 Å². The Morgan fingerprint density at radius 2 is 1.86 bits per heavy atom. The first-order valence-electron chi connectivity index (χ1n) is 11.7. The summed E-state index contributed by atoms with van der Waals surface area (Å²) in [6.45, 7) is 8.04. The second kappa shape index (κ2) is 10.3. The van der Waals surface area contributed by atoms with Gasteiger partial charge in [-0.2, -0.15) is 5.10 Å². The molecular weight excluding hydrogens is 462 g/mol. The van der Waals surface area contributed by atoms with E-state index in [1.807, 2.05) is 36.9 Å². The van der Waals surface area contributed by atoms with Crippen LogP contribution in [-0.2, 0) is 6.54 Å². The number of nitrogens with zero attached hydrogens (tertiary/aromatic N) is 7. The first-order chi connectivity index (χ1) is 17.1. The number of amides is 1. The Kier molecular flexibility index (Phi) is 6.82. The third kappa shape index (κ3) is 5.08. The van der Waals surface area contributed by atoms with E-state index in [9.17, 15) is 4.79 Å². The molecule has 9 nitrogen and oxygen atoms in total. The van der Waals surface area contributed by atoms with Gasteiger partial charge in [0, 0.05) is 49.7 Å². The molecule has 1 amide bonds. The Labute approximate surface area is 208 Å². The van der Waals surface area contributed by atoms with Crippen molar-refractivity contribution in [2.24, 2.45) is 0 Å². The van der Waals surface area contributed by atoms with Crippen LogP contribution < -0.4 is 4.74 Å². The Morgan fingerprint density at radius 1 is 1.06 bits per heavy atom. The third-order valence-corrected chi connectivity index (χ3v) is 6.93. The summed E-state index contributed by atoms with van der Waals surface area (Å²) in [4.78, 5) is 22.3. The lowest BCUT2D eigenvalue weighted by molar-refractivity contribution is 0.0626. The first-order valence-corrected chi connectivity index (χ1v) is 12.5. The normalized spacial score (nSPS) is 14.3. The van der Waals surface area contributed by atoms with Crippen LogP contribution in [0.1, 0.15) is 28.7 Å². The number of thiazole rings is 1. The maximum absolute atomic E-state index is 13.2. The summed E-state index contributed by atoms with van der Waals surface area (Å²) in [5.41, 5.74) is 3.54. The molecule has 1 aromatic carbocycles. The fourth-order valence-electron chi connectivity index (χ4n) is 4.10. The van der Waals surface area contributed by atoms with E-state index in [1.54, 1.807) is 34.3 Å². The lowest BCUT2D eigenvalue weighted by atomic mass is 10.2. The number of hydrogen-bond acceptors (Lipinski definition) is 8. The van der Waals surface area contributed by atoms with Gasteiger partial charge in [0.05, 0.1) is 29.8 Å². The predicted octanol–water partition coefficient (Wildman–Crippen LogP) is 3.45. The van der Waals surface area contributed by atoms with E-state index in [0.29, 0.717) is 37.0 Å². The Bertz CT molecular complexity index is 1280. The molecule has 0 aliphatic carbocycles. The molecule has 4 heterocycles. The average Bonchev–Trinajstić information content (AvgIpc) is 3.52. The summed E-state index contributed by atoms with van der Waals surface area (Å²) in [7, 11) is 0. The number of benzene rings is 1. The van der Waals surface area contributed by atoms with Crippen LogP contribution in [-0.4, -0.2) is 73.5 Å². The molecule has 5 rings (SSSR count). The summed E-state index contributed by atoms with van der Waals surface area (Å²) in [6.07, 6.45) is 1.61. The van der Waals surface area contributed by atoms with E-state index in [2.05, 4.69) is 37.7 Å². The van der Waals surface area contributed by atoms with Crippen LogP contribution >= 0.6 is 11.3 Å². The van der Waals surface area contributed by atoms with Gasteiger partial charge in [-0.3, -0.25) is 9.69 Å². The van der Waals surface area contributed by atoms with Crippen molar-refractivity contribution in [2.45, 2.75) is 20.4 Å². The fourth-order valence-corrected chi connectivity index (χ4v) is 4.92. The van der Waals surface area contributed by atoms with Crippen LogP contribution in [0.25, 0.3) is 16.4 Å². The van der Waals surface area contributed by atoms with Crippen LogP contribution in [0.15, 0.2) is 54.0 Å². The second-order valence-electron chi connectivity index (χ2n) is 8.30. The van der Waals surface area contributed by atoms with Gasteiger partial charge < -0.3 is 9.64 Å². The highest BCUT2D eigenvalue weighted by Crippen LogP contribution is 2.24. The van der Waals surface area contributed by atoms with Gasteiger partial charge in [-0.25, -0.2) is 9.67 Å². The van der Waals surface area contributed by atoms with E-state index >= 15 is 0 Å². The smallest absolute Gasteiger partial charge is 0.257 e. The van der Waals surface area contributed by atoms with E-state index in [4.69, 9.17) is 9.72 Å². The first kappa shape index (κ1) is 23.1. The Balaban J connectivity index is 1.19. The number of carbonyl (C=O) groups is 1. The van der Waals surface area contributed by atoms with Gasteiger partial charge in [-0.1, -0.05) is 30.3 Å². The summed E-state index contributed by atoms with van der Waals surface area (Å²) in [5, 5.41) is 15.8. The average molecular weight is 490 g/mol. The van der Waals surface area contributed by atoms with Crippen LogP contribution in [0.2, 0.25) is 0 Å². The molecule has 0 saturated carbocycles. The number of rotatable bonds is 7. The molecule has 4 aromatic rings. The lowest BCUT2D eigenvalue weighted by Gasteiger charge is -2.34. The zero-order chi connectivity index (χ0) is 24.2. The van der Waals surface area contributed by atoms with Crippen molar-refractivity contribution in [3.63, 3.8) is 0 Å². The summed E-state index contributed by atoms with van der Waals surface area (Å²) in [6, 6.07) is 13.8. The van der Waals surface area contributed by atoms with Crippen molar-refractivity contribution in [3.8, 4) is 22.3 Å². The monoisotopic (exact) mass is 489 g/mol. The maximum atomic E-state index is 13.2. The van der Waals surface area contributed by atoms with Crippen molar-refractivity contribution in [2.75, 3.05) is 32.8 Å².